The molecule has 2 rings (SSSR count). The molecule has 0 radical (unpaired) electrons. The van der Waals surface area contributed by atoms with Crippen molar-refractivity contribution in [1.29, 1.82) is 0 Å². The normalized spacial score (nSPS) is 12.0. The van der Waals surface area contributed by atoms with E-state index in [0.29, 0.717) is 5.69 Å². The van der Waals surface area contributed by atoms with E-state index >= 15 is 0 Å². The molecule has 27 heavy (non-hydrogen) atoms. The molecule has 0 fully saturated rings. The zero-order chi connectivity index (χ0) is 20.4. The lowest BCUT2D eigenvalue weighted by molar-refractivity contribution is 0.102. The maximum atomic E-state index is 12.5. The molecule has 0 aromatic heterocycles. The summed E-state index contributed by atoms with van der Waals surface area (Å²) in [6.45, 7) is 0. The van der Waals surface area contributed by atoms with Crippen LogP contribution in [0.4, 0.5) is 5.69 Å². The fourth-order valence-corrected chi connectivity index (χ4v) is 3.91. The van der Waals surface area contributed by atoms with E-state index < -0.39 is 25.8 Å². The van der Waals surface area contributed by atoms with Crippen molar-refractivity contribution in [3.63, 3.8) is 0 Å². The van der Waals surface area contributed by atoms with E-state index in [2.05, 4.69) is 5.32 Å². The number of carbonyl (C=O) groups is 1. The van der Waals surface area contributed by atoms with Crippen LogP contribution in [0.1, 0.15) is 10.4 Å². The van der Waals surface area contributed by atoms with Crippen molar-refractivity contribution in [2.45, 2.75) is 9.79 Å². The van der Waals surface area contributed by atoms with Gasteiger partial charge in [0.15, 0.2) is 9.84 Å². The number of nitrogens with one attached hydrogen (secondary N) is 1. The lowest BCUT2D eigenvalue weighted by Gasteiger charge is -2.15. The van der Waals surface area contributed by atoms with Gasteiger partial charge in [-0.05, 0) is 42.5 Å². The predicted molar refractivity (Wildman–Crippen MR) is 101 cm³/mol. The van der Waals surface area contributed by atoms with E-state index in [4.69, 9.17) is 4.74 Å². The summed E-state index contributed by atoms with van der Waals surface area (Å²) in [6, 6.07) is 9.73. The van der Waals surface area contributed by atoms with Crippen LogP contribution in [0.25, 0.3) is 0 Å². The zero-order valence-corrected chi connectivity index (χ0v) is 16.9. The highest BCUT2D eigenvalue weighted by Crippen LogP contribution is 2.27. The molecule has 0 aliphatic rings. The Labute approximate surface area is 158 Å². The van der Waals surface area contributed by atoms with Crippen LogP contribution in [0.15, 0.2) is 52.3 Å². The number of hydrogen-bond donors (Lipinski definition) is 1. The number of amides is 1. The van der Waals surface area contributed by atoms with Crippen LogP contribution < -0.4 is 10.1 Å². The number of rotatable bonds is 6. The summed E-state index contributed by atoms with van der Waals surface area (Å²) in [6.07, 6.45) is 1.09. The molecule has 2 aromatic carbocycles. The predicted octanol–water partition coefficient (Wildman–Crippen LogP) is 1.60. The van der Waals surface area contributed by atoms with E-state index in [1.807, 2.05) is 0 Å². The van der Waals surface area contributed by atoms with Gasteiger partial charge in [0, 0.05) is 31.6 Å². The highest BCUT2D eigenvalue weighted by atomic mass is 32.2. The summed E-state index contributed by atoms with van der Waals surface area (Å²) in [5.41, 5.74) is 0.489. The first kappa shape index (κ1) is 20.9. The topological polar surface area (TPSA) is 110 Å². The number of nitrogens with zero attached hydrogens (tertiary/aromatic N) is 1. The summed E-state index contributed by atoms with van der Waals surface area (Å²) < 4.78 is 53.9. The Hall–Kier alpha value is -2.43. The fourth-order valence-electron chi connectivity index (χ4n) is 2.20. The van der Waals surface area contributed by atoms with E-state index in [0.717, 1.165) is 10.6 Å². The van der Waals surface area contributed by atoms with Gasteiger partial charge in [-0.2, -0.15) is 0 Å². The molecule has 0 saturated heterocycles. The van der Waals surface area contributed by atoms with Crippen molar-refractivity contribution in [3.8, 4) is 5.75 Å². The van der Waals surface area contributed by atoms with Gasteiger partial charge in [-0.1, -0.05) is 0 Å². The fraction of sp³-hybridized carbons (Fsp3) is 0.235. The number of anilines is 1. The third-order valence-corrected chi connectivity index (χ3v) is 6.69. The molecule has 2 aromatic rings. The third-order valence-electron chi connectivity index (χ3n) is 3.72. The highest BCUT2D eigenvalue weighted by molar-refractivity contribution is 7.90. The van der Waals surface area contributed by atoms with Gasteiger partial charge in [0.05, 0.1) is 12.0 Å². The molecule has 0 unspecified atom stereocenters. The largest absolute Gasteiger partial charge is 0.495 e. The zero-order valence-electron chi connectivity index (χ0n) is 15.3. The number of carbonyl (C=O) groups excluding carboxylic acids is 1. The van der Waals surface area contributed by atoms with Crippen molar-refractivity contribution in [1.82, 2.24) is 4.31 Å². The lowest BCUT2D eigenvalue weighted by atomic mass is 10.2. The molecular weight excluding hydrogens is 392 g/mol. The van der Waals surface area contributed by atoms with Crippen LogP contribution in [0.5, 0.6) is 5.75 Å². The molecule has 10 heteroatoms. The van der Waals surface area contributed by atoms with Crippen molar-refractivity contribution in [3.05, 3.63) is 48.0 Å². The SMILES string of the molecule is COc1ccc(C(=O)Nc2ccc(S(C)(=O)=O)cc2)cc1S(=O)(=O)N(C)C. The maximum absolute atomic E-state index is 12.5. The minimum Gasteiger partial charge on any atom is -0.495 e. The van der Waals surface area contributed by atoms with Crippen LogP contribution in [-0.2, 0) is 19.9 Å². The summed E-state index contributed by atoms with van der Waals surface area (Å²) in [4.78, 5) is 12.5. The monoisotopic (exact) mass is 412 g/mol. The molecular formula is C17H20N2O6S2. The van der Waals surface area contributed by atoms with E-state index in [9.17, 15) is 21.6 Å². The lowest BCUT2D eigenvalue weighted by Crippen LogP contribution is -2.23. The Morgan fingerprint density at radius 2 is 1.59 bits per heavy atom. The smallest absolute Gasteiger partial charge is 0.255 e. The standard InChI is InChI=1S/C17H20N2O6S2/c1-19(2)27(23,24)16-11-12(5-10-15(16)25-3)17(20)18-13-6-8-14(9-7-13)26(4,21)22/h5-11H,1-4H3,(H,18,20). The molecule has 0 aliphatic carbocycles. The molecule has 0 aliphatic heterocycles. The van der Waals surface area contributed by atoms with E-state index in [1.165, 1.54) is 63.7 Å². The van der Waals surface area contributed by atoms with Crippen LogP contribution in [0, 0.1) is 0 Å². The van der Waals surface area contributed by atoms with Crippen molar-refractivity contribution in [2.24, 2.45) is 0 Å². The van der Waals surface area contributed by atoms with Gasteiger partial charge in [0.1, 0.15) is 10.6 Å². The first-order valence-corrected chi connectivity index (χ1v) is 11.0. The highest BCUT2D eigenvalue weighted by Gasteiger charge is 2.24. The summed E-state index contributed by atoms with van der Waals surface area (Å²) in [7, 11) is -3.04. The van der Waals surface area contributed by atoms with Crippen molar-refractivity contribution < 1.29 is 26.4 Å². The van der Waals surface area contributed by atoms with E-state index in [-0.39, 0.29) is 21.1 Å². The van der Waals surface area contributed by atoms with E-state index in [1.54, 1.807) is 0 Å². The van der Waals surface area contributed by atoms with Gasteiger partial charge in [0.25, 0.3) is 5.91 Å². The second-order valence-electron chi connectivity index (χ2n) is 5.90. The maximum Gasteiger partial charge on any atom is 0.255 e. The average molecular weight is 412 g/mol. The van der Waals surface area contributed by atoms with Crippen LogP contribution in [0.3, 0.4) is 0 Å². The molecule has 1 amide bonds. The molecule has 0 atom stereocenters. The van der Waals surface area contributed by atoms with Crippen LogP contribution in [-0.4, -0.2) is 54.5 Å². The Bertz CT molecular complexity index is 1060. The Kier molecular flexibility index (Phi) is 5.93. The number of ether oxygens (including phenoxy) is 1. The van der Waals surface area contributed by atoms with Crippen molar-refractivity contribution >= 4 is 31.5 Å². The van der Waals surface area contributed by atoms with Gasteiger partial charge >= 0.3 is 0 Å². The van der Waals surface area contributed by atoms with Gasteiger partial charge in [-0.15, -0.1) is 0 Å². The number of sulfonamides is 1. The van der Waals surface area contributed by atoms with Crippen LogP contribution in [0.2, 0.25) is 0 Å². The molecule has 146 valence electrons. The molecule has 0 spiro atoms. The Balaban J connectivity index is 2.34. The average Bonchev–Trinajstić information content (AvgIpc) is 2.60. The first-order chi connectivity index (χ1) is 12.5. The molecule has 0 saturated carbocycles. The first-order valence-electron chi connectivity index (χ1n) is 7.69. The van der Waals surface area contributed by atoms with Gasteiger partial charge in [-0.3, -0.25) is 4.79 Å². The molecule has 0 bridgehead atoms. The van der Waals surface area contributed by atoms with Gasteiger partial charge < -0.3 is 10.1 Å². The Morgan fingerprint density at radius 1 is 1.00 bits per heavy atom. The minimum atomic E-state index is -3.81. The third kappa shape index (κ3) is 4.65. The second-order valence-corrected chi connectivity index (χ2v) is 10.0. The van der Waals surface area contributed by atoms with Crippen molar-refractivity contribution in [2.75, 3.05) is 32.8 Å². The second kappa shape index (κ2) is 7.67. The number of benzene rings is 2. The summed E-state index contributed by atoms with van der Waals surface area (Å²) in [5, 5.41) is 2.60. The summed E-state index contributed by atoms with van der Waals surface area (Å²) >= 11 is 0. The molecule has 1 N–H and O–H groups in total. The quantitative estimate of drug-likeness (QED) is 0.772. The molecule has 0 heterocycles. The number of hydrogen-bond acceptors (Lipinski definition) is 6. The number of methoxy groups -OCH3 is 1. The van der Waals surface area contributed by atoms with Gasteiger partial charge in [-0.25, -0.2) is 21.1 Å². The Morgan fingerprint density at radius 3 is 2.07 bits per heavy atom. The van der Waals surface area contributed by atoms with Crippen LogP contribution >= 0.6 is 0 Å². The minimum absolute atomic E-state index is 0.114. The summed E-state index contributed by atoms with van der Waals surface area (Å²) in [5.74, 6) is -0.419. The number of sulfone groups is 1. The van der Waals surface area contributed by atoms with Gasteiger partial charge in [0.2, 0.25) is 10.0 Å². The molecule has 8 nitrogen and oxygen atoms in total.